The molecule has 0 bridgehead atoms. The van der Waals surface area contributed by atoms with E-state index >= 15 is 0 Å². The summed E-state index contributed by atoms with van der Waals surface area (Å²) >= 11 is 0. The second kappa shape index (κ2) is 8.46. The summed E-state index contributed by atoms with van der Waals surface area (Å²) < 4.78 is 4.61. The van der Waals surface area contributed by atoms with Crippen LogP contribution in [0.5, 0.6) is 0 Å². The Morgan fingerprint density at radius 2 is 1.83 bits per heavy atom. The lowest BCUT2D eigenvalue weighted by Crippen LogP contribution is -2.53. The number of nitrogens with two attached hydrogens (primary N) is 1. The van der Waals surface area contributed by atoms with Crippen molar-refractivity contribution in [3.63, 3.8) is 0 Å². The molecule has 0 fully saturated rings. The van der Waals surface area contributed by atoms with Gasteiger partial charge in [0.25, 0.3) is 0 Å². The molecular weight excluding hydrogens is 238 g/mol. The maximum atomic E-state index is 11.5. The third-order valence-corrected chi connectivity index (χ3v) is 2.12. The average molecular weight is 259 g/mol. The van der Waals surface area contributed by atoms with Gasteiger partial charge in [-0.2, -0.15) is 0 Å². The Bertz CT molecular complexity index is 307. The van der Waals surface area contributed by atoms with E-state index in [0.717, 1.165) is 6.42 Å². The monoisotopic (exact) mass is 259 g/mol. The van der Waals surface area contributed by atoms with E-state index in [1.807, 2.05) is 6.92 Å². The van der Waals surface area contributed by atoms with E-state index in [1.54, 1.807) is 6.92 Å². The molecule has 0 aliphatic heterocycles. The summed E-state index contributed by atoms with van der Waals surface area (Å²) in [4.78, 5) is 34.2. The van der Waals surface area contributed by atoms with Crippen molar-refractivity contribution in [3.05, 3.63) is 0 Å². The van der Waals surface area contributed by atoms with Crippen molar-refractivity contribution in [3.8, 4) is 0 Å². The van der Waals surface area contributed by atoms with Gasteiger partial charge in [0.05, 0.1) is 6.61 Å². The van der Waals surface area contributed by atoms with Crippen LogP contribution in [-0.2, 0) is 19.1 Å². The van der Waals surface area contributed by atoms with Crippen molar-refractivity contribution >= 4 is 17.8 Å². The van der Waals surface area contributed by atoms with Crippen LogP contribution in [0.15, 0.2) is 0 Å². The predicted octanol–water partition coefficient (Wildman–Crippen LogP) is -1.09. The first-order valence-electron chi connectivity index (χ1n) is 5.94. The summed E-state index contributed by atoms with van der Waals surface area (Å²) in [6.07, 6.45) is 0.800. The number of esters is 1. The van der Waals surface area contributed by atoms with Crippen molar-refractivity contribution in [2.24, 2.45) is 5.73 Å². The van der Waals surface area contributed by atoms with Gasteiger partial charge in [-0.15, -0.1) is 0 Å². The molecule has 0 spiro atoms. The molecule has 2 unspecified atom stereocenters. The van der Waals surface area contributed by atoms with Gasteiger partial charge in [-0.05, 0) is 20.3 Å². The van der Waals surface area contributed by atoms with Crippen LogP contribution in [0.2, 0.25) is 0 Å². The molecule has 0 rings (SSSR count). The summed E-state index contributed by atoms with van der Waals surface area (Å²) in [6.45, 7) is 5.72. The molecule has 0 saturated heterocycles. The lowest BCUT2D eigenvalue weighted by Gasteiger charge is -2.16. The van der Waals surface area contributed by atoms with E-state index < -0.39 is 24.0 Å². The molecule has 0 aromatic carbocycles. The zero-order chi connectivity index (χ0) is 14.1. The summed E-state index contributed by atoms with van der Waals surface area (Å²) in [5.41, 5.74) is 5.38. The smallest absolute Gasteiger partial charge is 0.332 e. The Balaban J connectivity index is 4.21. The summed E-state index contributed by atoms with van der Waals surface area (Å²) in [5, 5.41) is 4.97. The third-order valence-electron chi connectivity index (χ3n) is 2.12. The fraction of sp³-hybridized carbons (Fsp3) is 0.727. The van der Waals surface area contributed by atoms with Crippen molar-refractivity contribution < 1.29 is 19.1 Å². The van der Waals surface area contributed by atoms with Gasteiger partial charge in [0.1, 0.15) is 6.04 Å². The molecule has 7 heteroatoms. The lowest BCUT2D eigenvalue weighted by molar-refractivity contribution is -0.148. The SMILES string of the molecule is CCCNC(=O)C(C)NC(=O)C(N)C(=O)OCC. The van der Waals surface area contributed by atoms with Gasteiger partial charge in [-0.25, -0.2) is 4.79 Å². The highest BCUT2D eigenvalue weighted by Crippen LogP contribution is 1.89. The van der Waals surface area contributed by atoms with Crippen LogP contribution >= 0.6 is 0 Å². The Labute approximate surface area is 106 Å². The van der Waals surface area contributed by atoms with Gasteiger partial charge in [0, 0.05) is 6.54 Å². The van der Waals surface area contributed by atoms with E-state index in [4.69, 9.17) is 5.73 Å². The van der Waals surface area contributed by atoms with E-state index in [-0.39, 0.29) is 12.5 Å². The molecule has 0 aromatic heterocycles. The number of carbonyl (C=O) groups is 3. The fourth-order valence-corrected chi connectivity index (χ4v) is 1.11. The fourth-order valence-electron chi connectivity index (χ4n) is 1.11. The second-order valence-electron chi connectivity index (χ2n) is 3.75. The zero-order valence-corrected chi connectivity index (χ0v) is 11.0. The Morgan fingerprint density at radius 3 is 2.33 bits per heavy atom. The maximum absolute atomic E-state index is 11.5. The normalized spacial score (nSPS) is 13.3. The number of hydrogen-bond acceptors (Lipinski definition) is 5. The van der Waals surface area contributed by atoms with Gasteiger partial charge in [0.15, 0.2) is 6.04 Å². The molecule has 0 aliphatic carbocycles. The Kier molecular flexibility index (Phi) is 7.69. The van der Waals surface area contributed by atoms with Crippen molar-refractivity contribution in [1.29, 1.82) is 0 Å². The van der Waals surface area contributed by atoms with Crippen LogP contribution in [0.1, 0.15) is 27.2 Å². The quantitative estimate of drug-likeness (QED) is 0.397. The van der Waals surface area contributed by atoms with E-state index in [0.29, 0.717) is 6.54 Å². The van der Waals surface area contributed by atoms with Crippen LogP contribution in [0.25, 0.3) is 0 Å². The van der Waals surface area contributed by atoms with Crippen LogP contribution in [0, 0.1) is 0 Å². The highest BCUT2D eigenvalue weighted by atomic mass is 16.5. The van der Waals surface area contributed by atoms with Crippen molar-refractivity contribution in [2.75, 3.05) is 13.2 Å². The minimum atomic E-state index is -1.41. The van der Waals surface area contributed by atoms with Crippen molar-refractivity contribution in [1.82, 2.24) is 10.6 Å². The van der Waals surface area contributed by atoms with Crippen LogP contribution in [-0.4, -0.2) is 43.0 Å². The van der Waals surface area contributed by atoms with Gasteiger partial charge < -0.3 is 21.1 Å². The Hall–Kier alpha value is -1.63. The second-order valence-corrected chi connectivity index (χ2v) is 3.75. The zero-order valence-electron chi connectivity index (χ0n) is 11.0. The first-order chi connectivity index (χ1) is 8.43. The molecule has 104 valence electrons. The van der Waals surface area contributed by atoms with E-state index in [2.05, 4.69) is 15.4 Å². The molecule has 2 atom stereocenters. The standard InChI is InChI=1S/C11H21N3O4/c1-4-6-13-9(15)7(3)14-10(16)8(12)11(17)18-5-2/h7-8H,4-6,12H2,1-3H3,(H,13,15)(H,14,16). The number of nitrogens with one attached hydrogen (secondary N) is 2. The molecule has 0 aromatic rings. The number of hydrogen-bond donors (Lipinski definition) is 3. The van der Waals surface area contributed by atoms with Gasteiger partial charge in [-0.1, -0.05) is 6.92 Å². The average Bonchev–Trinajstić information content (AvgIpc) is 2.34. The van der Waals surface area contributed by atoms with Crippen LogP contribution in [0.3, 0.4) is 0 Å². The Morgan fingerprint density at radius 1 is 1.22 bits per heavy atom. The molecular formula is C11H21N3O4. The molecule has 7 nitrogen and oxygen atoms in total. The van der Waals surface area contributed by atoms with Crippen LogP contribution < -0.4 is 16.4 Å². The maximum Gasteiger partial charge on any atom is 0.332 e. The largest absolute Gasteiger partial charge is 0.464 e. The number of carbonyl (C=O) groups excluding carboxylic acids is 3. The number of amides is 2. The predicted molar refractivity (Wildman–Crippen MR) is 65.5 cm³/mol. The van der Waals surface area contributed by atoms with Crippen LogP contribution in [0.4, 0.5) is 0 Å². The molecule has 0 radical (unpaired) electrons. The highest BCUT2D eigenvalue weighted by molar-refractivity contribution is 6.03. The summed E-state index contributed by atoms with van der Waals surface area (Å²) in [5.74, 6) is -1.86. The van der Waals surface area contributed by atoms with Crippen molar-refractivity contribution in [2.45, 2.75) is 39.3 Å². The summed E-state index contributed by atoms with van der Waals surface area (Å²) in [6, 6.07) is -2.16. The molecule has 2 amide bonds. The lowest BCUT2D eigenvalue weighted by atomic mass is 10.2. The third kappa shape index (κ3) is 5.62. The van der Waals surface area contributed by atoms with Gasteiger partial charge in [-0.3, -0.25) is 9.59 Å². The molecule has 0 heterocycles. The number of ether oxygens (including phenoxy) is 1. The molecule has 0 aliphatic rings. The van der Waals surface area contributed by atoms with Gasteiger partial charge >= 0.3 is 5.97 Å². The van der Waals surface area contributed by atoms with Gasteiger partial charge in [0.2, 0.25) is 11.8 Å². The highest BCUT2D eigenvalue weighted by Gasteiger charge is 2.26. The molecule has 4 N–H and O–H groups in total. The van der Waals surface area contributed by atoms with E-state index in [9.17, 15) is 14.4 Å². The number of rotatable bonds is 7. The molecule has 0 saturated carbocycles. The summed E-state index contributed by atoms with van der Waals surface area (Å²) in [7, 11) is 0. The molecule has 18 heavy (non-hydrogen) atoms. The van der Waals surface area contributed by atoms with E-state index in [1.165, 1.54) is 6.92 Å². The first kappa shape index (κ1) is 16.4. The minimum Gasteiger partial charge on any atom is -0.464 e. The topological polar surface area (TPSA) is 111 Å². The minimum absolute atomic E-state index is 0.145. The first-order valence-corrected chi connectivity index (χ1v) is 5.94.